The second-order valence-electron chi connectivity index (χ2n) is 3.46. The molecule has 1 aromatic heterocycles. The van der Waals surface area contributed by atoms with E-state index in [0.717, 1.165) is 0 Å². The highest BCUT2D eigenvalue weighted by Crippen LogP contribution is 2.14. The summed E-state index contributed by atoms with van der Waals surface area (Å²) in [6, 6.07) is 0.903. The SMILES string of the molecule is Cc1oc(CNCCNC(N)=O)cc1C(=O)O. The van der Waals surface area contributed by atoms with Gasteiger partial charge < -0.3 is 25.9 Å². The Morgan fingerprint density at radius 3 is 2.71 bits per heavy atom. The van der Waals surface area contributed by atoms with Crippen molar-refractivity contribution >= 4 is 12.0 Å². The van der Waals surface area contributed by atoms with E-state index in [1.165, 1.54) is 6.07 Å². The van der Waals surface area contributed by atoms with E-state index in [4.69, 9.17) is 15.3 Å². The fraction of sp³-hybridized carbons (Fsp3) is 0.400. The Labute approximate surface area is 98.0 Å². The van der Waals surface area contributed by atoms with E-state index in [2.05, 4.69) is 10.6 Å². The third-order valence-electron chi connectivity index (χ3n) is 2.10. The molecule has 0 aliphatic carbocycles. The summed E-state index contributed by atoms with van der Waals surface area (Å²) < 4.78 is 5.25. The molecule has 0 bridgehead atoms. The number of hydrogen-bond donors (Lipinski definition) is 4. The van der Waals surface area contributed by atoms with Crippen LogP contribution in [0, 0.1) is 6.92 Å². The molecule has 7 nitrogen and oxygen atoms in total. The lowest BCUT2D eigenvalue weighted by Gasteiger charge is -2.02. The van der Waals surface area contributed by atoms with E-state index in [1.54, 1.807) is 6.92 Å². The molecule has 0 aromatic carbocycles. The number of nitrogens with two attached hydrogens (primary N) is 1. The Hall–Kier alpha value is -2.02. The van der Waals surface area contributed by atoms with Gasteiger partial charge in [0.2, 0.25) is 0 Å². The lowest BCUT2D eigenvalue weighted by molar-refractivity contribution is 0.0695. The summed E-state index contributed by atoms with van der Waals surface area (Å²) in [6.07, 6.45) is 0. The molecule has 2 amide bonds. The van der Waals surface area contributed by atoms with Crippen molar-refractivity contribution in [2.24, 2.45) is 5.73 Å². The van der Waals surface area contributed by atoms with E-state index >= 15 is 0 Å². The topological polar surface area (TPSA) is 118 Å². The van der Waals surface area contributed by atoms with E-state index in [-0.39, 0.29) is 5.56 Å². The summed E-state index contributed by atoms with van der Waals surface area (Å²) in [5.41, 5.74) is 5.04. The van der Waals surface area contributed by atoms with Crippen molar-refractivity contribution in [3.05, 3.63) is 23.2 Å². The number of nitrogens with one attached hydrogen (secondary N) is 2. The number of amides is 2. The number of carboxylic acids is 1. The molecule has 0 spiro atoms. The molecule has 1 aromatic rings. The highest BCUT2D eigenvalue weighted by Gasteiger charge is 2.12. The van der Waals surface area contributed by atoms with Crippen LogP contribution < -0.4 is 16.4 Å². The third-order valence-corrected chi connectivity index (χ3v) is 2.10. The molecule has 7 heteroatoms. The summed E-state index contributed by atoms with van der Waals surface area (Å²) in [5.74, 6) is -0.0866. The molecule has 0 aliphatic heterocycles. The number of hydrogen-bond acceptors (Lipinski definition) is 4. The molecular weight excluding hydrogens is 226 g/mol. The number of aryl methyl sites for hydroxylation is 1. The zero-order valence-electron chi connectivity index (χ0n) is 9.45. The molecule has 0 saturated carbocycles. The van der Waals surface area contributed by atoms with Crippen molar-refractivity contribution in [1.82, 2.24) is 10.6 Å². The molecule has 0 radical (unpaired) electrons. The smallest absolute Gasteiger partial charge is 0.339 e. The predicted octanol–water partition coefficient (Wildman–Crippen LogP) is 0.0441. The predicted molar refractivity (Wildman–Crippen MR) is 59.7 cm³/mol. The van der Waals surface area contributed by atoms with Gasteiger partial charge >= 0.3 is 12.0 Å². The van der Waals surface area contributed by atoms with Gasteiger partial charge in [-0.05, 0) is 13.0 Å². The molecule has 1 rings (SSSR count). The van der Waals surface area contributed by atoms with Crippen LogP contribution in [-0.4, -0.2) is 30.2 Å². The van der Waals surface area contributed by atoms with Gasteiger partial charge in [-0.2, -0.15) is 0 Å². The minimum atomic E-state index is -1.01. The van der Waals surface area contributed by atoms with Crippen LogP contribution in [0.25, 0.3) is 0 Å². The van der Waals surface area contributed by atoms with Crippen LogP contribution in [0.1, 0.15) is 21.9 Å². The summed E-state index contributed by atoms with van der Waals surface area (Å²) in [7, 11) is 0. The van der Waals surface area contributed by atoms with Gasteiger partial charge in [0.05, 0.1) is 6.54 Å². The van der Waals surface area contributed by atoms with Crippen LogP contribution in [0.15, 0.2) is 10.5 Å². The fourth-order valence-electron chi connectivity index (χ4n) is 1.33. The largest absolute Gasteiger partial charge is 0.478 e. The number of primary amides is 1. The highest BCUT2D eigenvalue weighted by atomic mass is 16.4. The number of carbonyl (C=O) groups excluding carboxylic acids is 1. The van der Waals surface area contributed by atoms with Gasteiger partial charge in [-0.15, -0.1) is 0 Å². The van der Waals surface area contributed by atoms with Gasteiger partial charge in [-0.3, -0.25) is 0 Å². The lowest BCUT2D eigenvalue weighted by Crippen LogP contribution is -2.35. The average Bonchev–Trinajstić information content (AvgIpc) is 2.59. The molecule has 94 valence electrons. The number of rotatable bonds is 6. The first-order chi connectivity index (χ1) is 8.00. The molecule has 5 N–H and O–H groups in total. The van der Waals surface area contributed by atoms with Crippen molar-refractivity contribution in [2.45, 2.75) is 13.5 Å². The van der Waals surface area contributed by atoms with Crippen molar-refractivity contribution < 1.29 is 19.1 Å². The first-order valence-electron chi connectivity index (χ1n) is 5.07. The van der Waals surface area contributed by atoms with Gasteiger partial charge in [0.25, 0.3) is 0 Å². The second-order valence-corrected chi connectivity index (χ2v) is 3.46. The standard InChI is InChI=1S/C10H15N3O4/c1-6-8(9(14)15)4-7(17-6)5-12-2-3-13-10(11)16/h4,12H,2-3,5H2,1H3,(H,14,15)(H3,11,13,16). The van der Waals surface area contributed by atoms with E-state index in [9.17, 15) is 9.59 Å². The van der Waals surface area contributed by atoms with Gasteiger partial charge in [-0.25, -0.2) is 9.59 Å². The molecule has 0 fully saturated rings. The second kappa shape index (κ2) is 5.90. The summed E-state index contributed by atoms with van der Waals surface area (Å²) >= 11 is 0. The van der Waals surface area contributed by atoms with Crippen LogP contribution in [0.2, 0.25) is 0 Å². The van der Waals surface area contributed by atoms with Crippen molar-refractivity contribution in [3.8, 4) is 0 Å². The molecule has 0 unspecified atom stereocenters. The van der Waals surface area contributed by atoms with Gasteiger partial charge in [-0.1, -0.05) is 0 Å². The minimum absolute atomic E-state index is 0.164. The first-order valence-corrected chi connectivity index (χ1v) is 5.07. The maximum absolute atomic E-state index is 10.7. The Morgan fingerprint density at radius 1 is 1.47 bits per heavy atom. The normalized spacial score (nSPS) is 10.2. The van der Waals surface area contributed by atoms with E-state index in [1.807, 2.05) is 0 Å². The van der Waals surface area contributed by atoms with E-state index in [0.29, 0.717) is 31.2 Å². The zero-order valence-corrected chi connectivity index (χ0v) is 9.45. The molecule has 0 aliphatic rings. The lowest BCUT2D eigenvalue weighted by atomic mass is 10.2. The highest BCUT2D eigenvalue weighted by molar-refractivity contribution is 5.88. The minimum Gasteiger partial charge on any atom is -0.478 e. The molecular formula is C10H15N3O4. The summed E-state index contributed by atoms with van der Waals surface area (Å²) in [5, 5.41) is 14.2. The number of aromatic carboxylic acids is 1. The van der Waals surface area contributed by atoms with Crippen LogP contribution in [0.3, 0.4) is 0 Å². The van der Waals surface area contributed by atoms with Gasteiger partial charge in [0.1, 0.15) is 17.1 Å². The number of carboxylic acid groups (broad SMARTS) is 1. The van der Waals surface area contributed by atoms with Gasteiger partial charge in [0.15, 0.2) is 0 Å². The fourth-order valence-corrected chi connectivity index (χ4v) is 1.33. The van der Waals surface area contributed by atoms with E-state index < -0.39 is 12.0 Å². The summed E-state index contributed by atoms with van der Waals surface area (Å²) in [4.78, 5) is 21.1. The summed E-state index contributed by atoms with van der Waals surface area (Å²) in [6.45, 7) is 2.92. The van der Waals surface area contributed by atoms with Crippen molar-refractivity contribution in [2.75, 3.05) is 13.1 Å². The maximum Gasteiger partial charge on any atom is 0.339 e. The Morgan fingerprint density at radius 2 is 2.18 bits per heavy atom. The molecule has 0 saturated heterocycles. The van der Waals surface area contributed by atoms with Crippen LogP contribution in [0.4, 0.5) is 4.79 Å². The maximum atomic E-state index is 10.7. The molecule has 17 heavy (non-hydrogen) atoms. The number of urea groups is 1. The van der Waals surface area contributed by atoms with Crippen molar-refractivity contribution in [1.29, 1.82) is 0 Å². The Kier molecular flexibility index (Phi) is 4.53. The number of carbonyl (C=O) groups is 2. The zero-order chi connectivity index (χ0) is 12.8. The van der Waals surface area contributed by atoms with Crippen LogP contribution >= 0.6 is 0 Å². The number of furan rings is 1. The first kappa shape index (κ1) is 13.0. The Bertz CT molecular complexity index is 414. The average molecular weight is 241 g/mol. The quantitative estimate of drug-likeness (QED) is 0.525. The van der Waals surface area contributed by atoms with Crippen LogP contribution in [-0.2, 0) is 6.54 Å². The third kappa shape index (κ3) is 4.15. The Balaban J connectivity index is 2.35. The molecule has 0 atom stereocenters. The van der Waals surface area contributed by atoms with Gasteiger partial charge in [0, 0.05) is 13.1 Å². The van der Waals surface area contributed by atoms with Crippen LogP contribution in [0.5, 0.6) is 0 Å². The van der Waals surface area contributed by atoms with Crippen molar-refractivity contribution in [3.63, 3.8) is 0 Å². The monoisotopic (exact) mass is 241 g/mol. The molecule has 1 heterocycles.